The number of piperazine rings is 1. The van der Waals surface area contributed by atoms with Crippen molar-refractivity contribution in [1.82, 2.24) is 10.2 Å². The van der Waals surface area contributed by atoms with Gasteiger partial charge in [-0.1, -0.05) is 45.5 Å². The minimum Gasteiger partial charge on any atom is -0.383 e. The minimum atomic E-state index is -0.206. The monoisotopic (exact) mass is 512 g/mol. The van der Waals surface area contributed by atoms with Gasteiger partial charge >= 0.3 is 0 Å². The number of carbonyl (C=O) groups excluding carboxylic acids is 1. The van der Waals surface area contributed by atoms with Gasteiger partial charge in [0.15, 0.2) is 0 Å². The molecule has 1 fully saturated rings. The SMILES string of the molecule is C=C/N=C1/C=NC(N2CCNCC2)=N/C1=C(/N)Nc1cc(C(=O)Nc2cccc(C(C)(C)C)c2)ccc1C. The van der Waals surface area contributed by atoms with Gasteiger partial charge in [0.05, 0.1) is 6.21 Å². The van der Waals surface area contributed by atoms with E-state index < -0.39 is 0 Å². The third-order valence-corrected chi connectivity index (χ3v) is 6.40. The van der Waals surface area contributed by atoms with Gasteiger partial charge in [-0.05, 0) is 47.7 Å². The van der Waals surface area contributed by atoms with Crippen LogP contribution in [0.2, 0.25) is 0 Å². The molecule has 1 amide bonds. The second-order valence-corrected chi connectivity index (χ2v) is 10.3. The summed E-state index contributed by atoms with van der Waals surface area (Å²) in [4.78, 5) is 28.7. The van der Waals surface area contributed by atoms with Crippen LogP contribution in [0.4, 0.5) is 11.4 Å². The summed E-state index contributed by atoms with van der Waals surface area (Å²) in [5.41, 5.74) is 11.5. The molecule has 0 aliphatic carbocycles. The summed E-state index contributed by atoms with van der Waals surface area (Å²) in [7, 11) is 0. The molecule has 9 nitrogen and oxygen atoms in total. The molecule has 0 unspecified atom stereocenters. The van der Waals surface area contributed by atoms with E-state index >= 15 is 0 Å². The van der Waals surface area contributed by atoms with Gasteiger partial charge in [-0.25, -0.2) is 9.98 Å². The smallest absolute Gasteiger partial charge is 0.255 e. The molecule has 2 heterocycles. The second kappa shape index (κ2) is 11.4. The summed E-state index contributed by atoms with van der Waals surface area (Å²) < 4.78 is 0. The largest absolute Gasteiger partial charge is 0.383 e. The van der Waals surface area contributed by atoms with Crippen LogP contribution < -0.4 is 21.7 Å². The van der Waals surface area contributed by atoms with E-state index in [0.717, 1.165) is 43.0 Å². The zero-order valence-electron chi connectivity index (χ0n) is 22.5. The number of aliphatic imine (C=N–C) groups is 3. The molecule has 0 saturated carbocycles. The zero-order chi connectivity index (χ0) is 27.3. The number of carbonyl (C=O) groups is 1. The van der Waals surface area contributed by atoms with Crippen LogP contribution in [0.15, 0.2) is 81.7 Å². The van der Waals surface area contributed by atoms with Crippen LogP contribution in [0, 0.1) is 6.92 Å². The first-order chi connectivity index (χ1) is 18.2. The van der Waals surface area contributed by atoms with Gasteiger partial charge in [-0.2, -0.15) is 0 Å². The molecule has 38 heavy (non-hydrogen) atoms. The van der Waals surface area contributed by atoms with E-state index in [4.69, 9.17) is 10.7 Å². The molecule has 0 aromatic heterocycles. The average Bonchev–Trinajstić information content (AvgIpc) is 2.90. The summed E-state index contributed by atoms with van der Waals surface area (Å²) in [6.45, 7) is 15.4. The van der Waals surface area contributed by atoms with E-state index in [0.29, 0.717) is 34.4 Å². The van der Waals surface area contributed by atoms with Crippen molar-refractivity contribution in [2.75, 3.05) is 36.8 Å². The van der Waals surface area contributed by atoms with E-state index in [2.05, 4.69) is 64.3 Å². The Kier molecular flexibility index (Phi) is 8.07. The lowest BCUT2D eigenvalue weighted by Gasteiger charge is -2.29. The van der Waals surface area contributed by atoms with Gasteiger partial charge in [0.2, 0.25) is 5.96 Å². The molecule has 0 spiro atoms. The predicted octanol–water partition coefficient (Wildman–Crippen LogP) is 4.01. The lowest BCUT2D eigenvalue weighted by Crippen LogP contribution is -2.46. The Labute approximate surface area is 224 Å². The number of amides is 1. The number of hydrogen-bond donors (Lipinski definition) is 4. The molecule has 2 aliphatic rings. The van der Waals surface area contributed by atoms with Gasteiger partial charge < -0.3 is 26.6 Å². The number of hydrogen-bond acceptors (Lipinski definition) is 8. The highest BCUT2D eigenvalue weighted by Crippen LogP contribution is 2.26. The normalized spacial score (nSPS) is 18.2. The number of benzene rings is 2. The summed E-state index contributed by atoms with van der Waals surface area (Å²) in [6, 6.07) is 13.4. The molecule has 2 aromatic carbocycles. The summed E-state index contributed by atoms with van der Waals surface area (Å²) in [6.07, 6.45) is 3.09. The molecular weight excluding hydrogens is 476 g/mol. The number of nitrogens with two attached hydrogens (primary N) is 1. The van der Waals surface area contributed by atoms with Crippen molar-refractivity contribution in [2.45, 2.75) is 33.1 Å². The maximum atomic E-state index is 13.1. The Bertz CT molecular complexity index is 1340. The number of rotatable bonds is 5. The first kappa shape index (κ1) is 26.8. The molecule has 198 valence electrons. The standard InChI is InChI=1S/C29H36N8O/c1-6-32-24-18-33-28(37-14-12-31-13-15-37)36-25(24)26(30)35-23-16-20(11-10-19(23)2)27(38)34-22-9-7-8-21(17-22)29(3,4)5/h6-11,16-18,31,35H,1,12-15,30H2,2-5H3,(H,34,38)/b26-25-,32-24-. The number of guanidine groups is 1. The highest BCUT2D eigenvalue weighted by Gasteiger charge is 2.21. The quantitative estimate of drug-likeness (QED) is 0.483. The van der Waals surface area contributed by atoms with E-state index in [1.54, 1.807) is 18.3 Å². The maximum Gasteiger partial charge on any atom is 0.255 e. The third-order valence-electron chi connectivity index (χ3n) is 6.40. The van der Waals surface area contributed by atoms with Gasteiger partial charge in [-0.3, -0.25) is 9.79 Å². The van der Waals surface area contributed by atoms with Crippen molar-refractivity contribution in [3.8, 4) is 0 Å². The van der Waals surface area contributed by atoms with Crippen molar-refractivity contribution in [3.63, 3.8) is 0 Å². The van der Waals surface area contributed by atoms with E-state index in [1.165, 1.54) is 6.20 Å². The predicted molar refractivity (Wildman–Crippen MR) is 157 cm³/mol. The topological polar surface area (TPSA) is 120 Å². The van der Waals surface area contributed by atoms with Crippen molar-refractivity contribution < 1.29 is 4.79 Å². The summed E-state index contributed by atoms with van der Waals surface area (Å²) in [5, 5.41) is 9.58. The summed E-state index contributed by atoms with van der Waals surface area (Å²) >= 11 is 0. The van der Waals surface area contributed by atoms with E-state index in [9.17, 15) is 4.79 Å². The molecule has 1 saturated heterocycles. The number of nitrogens with one attached hydrogen (secondary N) is 3. The number of allylic oxidation sites excluding steroid dienone is 1. The van der Waals surface area contributed by atoms with Crippen molar-refractivity contribution in [1.29, 1.82) is 0 Å². The molecule has 0 bridgehead atoms. The van der Waals surface area contributed by atoms with Gasteiger partial charge in [-0.15, -0.1) is 0 Å². The Morgan fingerprint density at radius 2 is 1.92 bits per heavy atom. The van der Waals surface area contributed by atoms with E-state index in [-0.39, 0.29) is 11.3 Å². The van der Waals surface area contributed by atoms with Gasteiger partial charge in [0.25, 0.3) is 5.91 Å². The van der Waals surface area contributed by atoms with Gasteiger partial charge in [0.1, 0.15) is 17.2 Å². The van der Waals surface area contributed by atoms with Crippen LogP contribution in [-0.2, 0) is 5.41 Å². The molecule has 4 rings (SSSR count). The van der Waals surface area contributed by atoms with Crippen LogP contribution in [0.3, 0.4) is 0 Å². The van der Waals surface area contributed by atoms with Gasteiger partial charge in [0, 0.05) is 49.3 Å². The van der Waals surface area contributed by atoms with Crippen molar-refractivity contribution in [2.24, 2.45) is 20.7 Å². The fourth-order valence-corrected chi connectivity index (χ4v) is 4.14. The number of nitrogens with zero attached hydrogens (tertiary/aromatic N) is 4. The lowest BCUT2D eigenvalue weighted by atomic mass is 9.87. The Balaban J connectivity index is 1.59. The zero-order valence-corrected chi connectivity index (χ0v) is 22.5. The first-order valence-corrected chi connectivity index (χ1v) is 12.7. The van der Waals surface area contributed by atoms with Crippen LogP contribution in [0.25, 0.3) is 0 Å². The van der Waals surface area contributed by atoms with Crippen molar-refractivity contribution >= 4 is 35.2 Å². The Morgan fingerprint density at radius 3 is 2.63 bits per heavy atom. The minimum absolute atomic E-state index is 0.0163. The molecular formula is C29H36N8O. The maximum absolute atomic E-state index is 13.1. The first-order valence-electron chi connectivity index (χ1n) is 12.7. The van der Waals surface area contributed by atoms with Crippen molar-refractivity contribution in [3.05, 3.63) is 83.5 Å². The van der Waals surface area contributed by atoms with Crippen LogP contribution >= 0.6 is 0 Å². The third kappa shape index (κ3) is 6.36. The Hall–Kier alpha value is -4.24. The average molecular weight is 513 g/mol. The fraction of sp³-hybridized carbons (Fsp3) is 0.310. The highest BCUT2D eigenvalue weighted by molar-refractivity contribution is 6.41. The molecule has 5 N–H and O–H groups in total. The molecule has 2 aliphatic heterocycles. The fourth-order valence-electron chi connectivity index (χ4n) is 4.14. The second-order valence-electron chi connectivity index (χ2n) is 10.3. The number of anilines is 2. The Morgan fingerprint density at radius 1 is 1.16 bits per heavy atom. The molecule has 2 aromatic rings. The van der Waals surface area contributed by atoms with Crippen LogP contribution in [-0.4, -0.2) is 54.9 Å². The van der Waals surface area contributed by atoms with E-state index in [1.807, 2.05) is 31.2 Å². The molecule has 9 heteroatoms. The molecule has 0 atom stereocenters. The lowest BCUT2D eigenvalue weighted by molar-refractivity contribution is 0.102. The molecule has 0 radical (unpaired) electrons. The van der Waals surface area contributed by atoms with Crippen LogP contribution in [0.5, 0.6) is 0 Å². The van der Waals surface area contributed by atoms with Crippen LogP contribution in [0.1, 0.15) is 42.3 Å². The number of aryl methyl sites for hydroxylation is 1. The summed E-state index contributed by atoms with van der Waals surface area (Å²) in [5.74, 6) is 0.697. The highest BCUT2D eigenvalue weighted by atomic mass is 16.1.